The maximum Gasteiger partial charge on any atom is 0.325 e. The van der Waals surface area contributed by atoms with Crippen LogP contribution in [0.4, 0.5) is 4.79 Å². The molecule has 1 spiro atoms. The molecule has 2 aliphatic rings. The third-order valence-corrected chi connectivity index (χ3v) is 7.78. The van der Waals surface area contributed by atoms with E-state index in [4.69, 9.17) is 0 Å². The summed E-state index contributed by atoms with van der Waals surface area (Å²) in [5.41, 5.74) is 2.00. The van der Waals surface area contributed by atoms with Crippen LogP contribution in [-0.4, -0.2) is 39.2 Å². The van der Waals surface area contributed by atoms with Crippen LogP contribution in [0, 0.1) is 0 Å². The summed E-state index contributed by atoms with van der Waals surface area (Å²) in [6, 6.07) is 17.7. The fourth-order valence-corrected chi connectivity index (χ4v) is 6.39. The number of carbonyl (C=O) groups is 2. The highest BCUT2D eigenvalue weighted by Crippen LogP contribution is 2.42. The Labute approximate surface area is 189 Å². The lowest BCUT2D eigenvalue weighted by Gasteiger charge is -2.31. The van der Waals surface area contributed by atoms with Gasteiger partial charge in [-0.05, 0) is 42.8 Å². The van der Waals surface area contributed by atoms with Crippen LogP contribution in [0.25, 0.3) is 21.8 Å². The van der Waals surface area contributed by atoms with Crippen molar-refractivity contribution >= 4 is 45.1 Å². The van der Waals surface area contributed by atoms with Gasteiger partial charge in [-0.15, -0.1) is 11.3 Å². The highest BCUT2D eigenvalue weighted by Gasteiger charge is 2.54. The number of amides is 3. The fraction of sp³-hybridized carbons (Fsp3) is 0.280. The topological polar surface area (TPSA) is 74.6 Å². The molecule has 6 rings (SSSR count). The zero-order chi connectivity index (χ0) is 21.9. The van der Waals surface area contributed by atoms with E-state index in [1.54, 1.807) is 11.3 Å². The van der Waals surface area contributed by atoms with Crippen molar-refractivity contribution < 1.29 is 14.7 Å². The van der Waals surface area contributed by atoms with Crippen LogP contribution < -0.4 is 5.32 Å². The molecule has 2 atom stereocenters. The van der Waals surface area contributed by atoms with E-state index < -0.39 is 17.7 Å². The second-order valence-corrected chi connectivity index (χ2v) is 9.66. The van der Waals surface area contributed by atoms with Crippen LogP contribution in [0.15, 0.2) is 60.0 Å². The number of fused-ring (bicyclic) bond motifs is 5. The maximum absolute atomic E-state index is 13.4. The monoisotopic (exact) mass is 445 g/mol. The van der Waals surface area contributed by atoms with Crippen LogP contribution in [0.2, 0.25) is 0 Å². The second-order valence-electron chi connectivity index (χ2n) is 8.66. The fourth-order valence-electron chi connectivity index (χ4n) is 5.39. The number of thiophene rings is 1. The molecule has 6 nitrogen and oxygen atoms in total. The van der Waals surface area contributed by atoms with Gasteiger partial charge in [0.05, 0.1) is 19.2 Å². The lowest BCUT2D eigenvalue weighted by Crippen LogP contribution is -2.46. The molecule has 1 saturated heterocycles. The first-order chi connectivity index (χ1) is 15.6. The zero-order valence-corrected chi connectivity index (χ0v) is 18.3. The normalized spacial score (nSPS) is 21.5. The number of aliphatic hydroxyl groups excluding tert-OH is 1. The Morgan fingerprint density at radius 1 is 1.00 bits per heavy atom. The Bertz CT molecular complexity index is 1320. The van der Waals surface area contributed by atoms with Gasteiger partial charge in [0, 0.05) is 32.2 Å². The van der Waals surface area contributed by atoms with E-state index in [9.17, 15) is 14.7 Å². The van der Waals surface area contributed by atoms with Gasteiger partial charge in [0.15, 0.2) is 0 Å². The first-order valence-electron chi connectivity index (χ1n) is 10.9. The van der Waals surface area contributed by atoms with E-state index in [1.807, 2.05) is 47.8 Å². The van der Waals surface area contributed by atoms with Gasteiger partial charge < -0.3 is 15.0 Å². The van der Waals surface area contributed by atoms with Gasteiger partial charge >= 0.3 is 6.03 Å². The summed E-state index contributed by atoms with van der Waals surface area (Å²) in [6.45, 7) is 0.258. The molecule has 1 fully saturated rings. The Hall–Kier alpha value is -3.16. The van der Waals surface area contributed by atoms with Crippen molar-refractivity contribution in [3.63, 3.8) is 0 Å². The first kappa shape index (κ1) is 19.5. The van der Waals surface area contributed by atoms with Crippen LogP contribution in [-0.2, 0) is 23.3 Å². The Morgan fingerprint density at radius 3 is 2.41 bits per heavy atom. The summed E-state index contributed by atoms with van der Waals surface area (Å²) in [6.07, 6.45) is 1.51. The average Bonchev–Trinajstić information content (AvgIpc) is 3.47. The SMILES string of the molecule is O=C1NC2(CCCc3sccc32)C(=O)N1CC(O)Cn1c2ccccc2c2ccccc21. The minimum absolute atomic E-state index is 0.0350. The Balaban J connectivity index is 1.29. The number of aryl methyl sites for hydroxylation is 1. The van der Waals surface area contributed by atoms with Crippen molar-refractivity contribution in [2.24, 2.45) is 0 Å². The molecule has 2 aromatic carbocycles. The number of imide groups is 1. The highest BCUT2D eigenvalue weighted by molar-refractivity contribution is 7.10. The number of aliphatic hydroxyl groups is 1. The molecule has 2 N–H and O–H groups in total. The smallest absolute Gasteiger partial charge is 0.325 e. The van der Waals surface area contributed by atoms with Gasteiger partial charge in [0.1, 0.15) is 5.54 Å². The van der Waals surface area contributed by atoms with E-state index in [0.717, 1.165) is 45.1 Å². The molecule has 162 valence electrons. The summed E-state index contributed by atoms with van der Waals surface area (Å²) in [5.74, 6) is -0.247. The Kier molecular flexibility index (Phi) is 4.38. The van der Waals surface area contributed by atoms with Gasteiger partial charge in [-0.3, -0.25) is 9.69 Å². The molecule has 7 heteroatoms. The van der Waals surface area contributed by atoms with E-state index >= 15 is 0 Å². The third-order valence-electron chi connectivity index (χ3n) is 6.80. The largest absolute Gasteiger partial charge is 0.389 e. The molecule has 32 heavy (non-hydrogen) atoms. The predicted molar refractivity (Wildman–Crippen MR) is 125 cm³/mol. The molecule has 3 heterocycles. The van der Waals surface area contributed by atoms with Crippen LogP contribution >= 0.6 is 11.3 Å². The van der Waals surface area contributed by atoms with Crippen molar-refractivity contribution in [3.05, 3.63) is 70.4 Å². The number of benzene rings is 2. The number of carbonyl (C=O) groups excluding carboxylic acids is 2. The number of hydrogen-bond acceptors (Lipinski definition) is 4. The van der Waals surface area contributed by atoms with Crippen molar-refractivity contribution in [1.82, 2.24) is 14.8 Å². The van der Waals surface area contributed by atoms with Crippen molar-refractivity contribution in [3.8, 4) is 0 Å². The molecule has 0 bridgehead atoms. The number of urea groups is 1. The van der Waals surface area contributed by atoms with E-state index in [0.29, 0.717) is 13.0 Å². The lowest BCUT2D eigenvalue weighted by atomic mass is 9.80. The van der Waals surface area contributed by atoms with E-state index in [1.165, 1.54) is 4.90 Å². The van der Waals surface area contributed by atoms with Gasteiger partial charge in [-0.2, -0.15) is 0 Å². The number of nitrogens with zero attached hydrogens (tertiary/aromatic N) is 2. The number of aromatic nitrogens is 1. The van der Waals surface area contributed by atoms with Gasteiger partial charge in [-0.1, -0.05) is 36.4 Å². The summed E-state index contributed by atoms with van der Waals surface area (Å²) < 4.78 is 2.07. The molecule has 4 aromatic rings. The van der Waals surface area contributed by atoms with Crippen molar-refractivity contribution in [2.45, 2.75) is 37.5 Å². The van der Waals surface area contributed by atoms with Gasteiger partial charge in [0.2, 0.25) is 0 Å². The second kappa shape index (κ2) is 7.18. The maximum atomic E-state index is 13.4. The summed E-state index contributed by atoms with van der Waals surface area (Å²) >= 11 is 1.63. The van der Waals surface area contributed by atoms with Gasteiger partial charge in [-0.25, -0.2) is 4.79 Å². The predicted octanol–water partition coefficient (Wildman–Crippen LogP) is 4.00. The molecule has 2 unspecified atom stereocenters. The number of hydrogen-bond donors (Lipinski definition) is 2. The standard InChI is InChI=1S/C25H23N3O3S/c29-16(14-27-20-8-3-1-6-17(20)18-7-2-4-9-21(18)27)15-28-23(30)25(26-24(28)31)12-5-10-22-19(25)11-13-32-22/h1-4,6-9,11,13,16,29H,5,10,12,14-15H2,(H,26,31). The third kappa shape index (κ3) is 2.74. The number of rotatable bonds is 4. The zero-order valence-electron chi connectivity index (χ0n) is 17.5. The van der Waals surface area contributed by atoms with Gasteiger partial charge in [0.25, 0.3) is 5.91 Å². The molecule has 2 aromatic heterocycles. The molecular formula is C25H23N3O3S. The first-order valence-corrected chi connectivity index (χ1v) is 11.8. The highest BCUT2D eigenvalue weighted by atomic mass is 32.1. The number of β-amino-alcohol motifs (C(OH)–C–C–N with tert-alkyl or cyclic N) is 1. The molecule has 1 aliphatic carbocycles. The summed E-state index contributed by atoms with van der Waals surface area (Å²) in [7, 11) is 0. The average molecular weight is 446 g/mol. The molecule has 0 radical (unpaired) electrons. The number of para-hydroxylation sites is 2. The number of nitrogens with one attached hydrogen (secondary N) is 1. The molecule has 0 saturated carbocycles. The Morgan fingerprint density at radius 2 is 1.69 bits per heavy atom. The van der Waals surface area contributed by atoms with Crippen LogP contribution in [0.3, 0.4) is 0 Å². The van der Waals surface area contributed by atoms with Crippen molar-refractivity contribution in [1.29, 1.82) is 0 Å². The quantitative estimate of drug-likeness (QED) is 0.466. The minimum atomic E-state index is -0.975. The summed E-state index contributed by atoms with van der Waals surface area (Å²) in [4.78, 5) is 28.6. The molecule has 3 amide bonds. The molecular weight excluding hydrogens is 422 g/mol. The van der Waals surface area contributed by atoms with Crippen LogP contribution in [0.5, 0.6) is 0 Å². The van der Waals surface area contributed by atoms with E-state index in [2.05, 4.69) is 22.0 Å². The minimum Gasteiger partial charge on any atom is -0.389 e. The molecule has 1 aliphatic heterocycles. The van der Waals surface area contributed by atoms with Crippen LogP contribution in [0.1, 0.15) is 23.3 Å². The summed E-state index contributed by atoms with van der Waals surface area (Å²) in [5, 5.41) is 18.2. The van der Waals surface area contributed by atoms with E-state index in [-0.39, 0.29) is 12.5 Å². The van der Waals surface area contributed by atoms with Crippen molar-refractivity contribution in [2.75, 3.05) is 6.54 Å². The lowest BCUT2D eigenvalue weighted by molar-refractivity contribution is -0.133.